The van der Waals surface area contributed by atoms with Crippen LogP contribution in [-0.4, -0.2) is 107 Å². The van der Waals surface area contributed by atoms with E-state index in [0.717, 1.165) is 114 Å². The zero-order chi connectivity index (χ0) is 42.8. The van der Waals surface area contributed by atoms with E-state index in [9.17, 15) is 37.5 Å². The van der Waals surface area contributed by atoms with Crippen LogP contribution in [-0.2, 0) is 4.79 Å². The van der Waals surface area contributed by atoms with Gasteiger partial charge in [0.15, 0.2) is 17.4 Å². The molecule has 4 aromatic rings. The van der Waals surface area contributed by atoms with Gasteiger partial charge in [-0.2, -0.15) is 9.49 Å². The number of phenolic OH excluding ortho intramolecular Hbond substituents is 1. The quantitative estimate of drug-likeness (QED) is 0.145. The summed E-state index contributed by atoms with van der Waals surface area (Å²) < 4.78 is 43.6. The summed E-state index contributed by atoms with van der Waals surface area (Å²) >= 11 is 0. The molecule has 4 heterocycles. The molecule has 4 fully saturated rings. The highest BCUT2D eigenvalue weighted by Gasteiger charge is 2.30. The molecule has 1 saturated carbocycles. The summed E-state index contributed by atoms with van der Waals surface area (Å²) in [6, 6.07) is 12.2. The van der Waals surface area contributed by atoms with E-state index < -0.39 is 40.7 Å². The SMILES string of the molecule is Cc1ccc(C(=O)N2CCC(CCCN3CCN(c4ccc5cn(C6CCC(CNC(=O)c7cc(F)c(O)c(F)c7F)CC6)nc5c4)CC3)CC2)cc1N1CCC(=O)NC1=O. The van der Waals surface area contributed by atoms with Crippen molar-refractivity contribution in [3.8, 4) is 5.75 Å². The minimum Gasteiger partial charge on any atom is -0.503 e. The van der Waals surface area contributed by atoms with Gasteiger partial charge in [0.2, 0.25) is 11.7 Å². The normalized spacial score (nSPS) is 20.6. The fraction of sp³-hybridized carbons (Fsp3) is 0.489. The highest BCUT2D eigenvalue weighted by molar-refractivity contribution is 6.06. The lowest BCUT2D eigenvalue weighted by atomic mass is 9.86. The number of fused-ring (bicyclic) bond motifs is 1. The lowest BCUT2D eigenvalue weighted by Gasteiger charge is -2.36. The van der Waals surface area contributed by atoms with Crippen molar-refractivity contribution in [3.05, 3.63) is 82.8 Å². The number of piperidine rings is 1. The Morgan fingerprint density at radius 2 is 1.62 bits per heavy atom. The number of likely N-dealkylation sites (tertiary alicyclic amines) is 1. The average molecular weight is 843 g/mol. The number of amides is 5. The molecule has 3 saturated heterocycles. The van der Waals surface area contributed by atoms with Gasteiger partial charge in [0, 0.05) is 87.3 Å². The number of hydrogen-bond donors (Lipinski definition) is 3. The number of carbonyl (C=O) groups is 4. The maximum Gasteiger partial charge on any atom is 0.328 e. The van der Waals surface area contributed by atoms with E-state index in [1.807, 2.05) is 28.6 Å². The molecular formula is C45H53F3N8O5. The summed E-state index contributed by atoms with van der Waals surface area (Å²) in [7, 11) is 0. The fourth-order valence-electron chi connectivity index (χ4n) is 9.37. The van der Waals surface area contributed by atoms with E-state index in [0.29, 0.717) is 29.8 Å². The number of carbonyl (C=O) groups excluding carboxylic acids is 4. The minimum absolute atomic E-state index is 0.0188. The zero-order valence-electron chi connectivity index (χ0n) is 34.5. The summed E-state index contributed by atoms with van der Waals surface area (Å²) in [5, 5.41) is 20.2. The molecule has 1 aromatic heterocycles. The third-order valence-electron chi connectivity index (χ3n) is 13.2. The van der Waals surface area contributed by atoms with Crippen LogP contribution < -0.4 is 20.4 Å². The van der Waals surface area contributed by atoms with Crippen molar-refractivity contribution < 1.29 is 37.5 Å². The lowest BCUT2D eigenvalue weighted by molar-refractivity contribution is -0.120. The molecule has 1 aliphatic carbocycles. The second-order valence-electron chi connectivity index (χ2n) is 17.1. The van der Waals surface area contributed by atoms with Gasteiger partial charge < -0.3 is 20.2 Å². The smallest absolute Gasteiger partial charge is 0.328 e. The van der Waals surface area contributed by atoms with Crippen molar-refractivity contribution in [3.63, 3.8) is 0 Å². The zero-order valence-corrected chi connectivity index (χ0v) is 34.5. The summed E-state index contributed by atoms with van der Waals surface area (Å²) in [5.74, 6) is -6.68. The van der Waals surface area contributed by atoms with E-state index >= 15 is 0 Å². The number of aryl methyl sites for hydroxylation is 1. The molecule has 3 aliphatic heterocycles. The first-order valence-corrected chi connectivity index (χ1v) is 21.5. The van der Waals surface area contributed by atoms with Crippen molar-refractivity contribution in [2.75, 3.05) is 68.7 Å². The van der Waals surface area contributed by atoms with Crippen LogP contribution in [0.5, 0.6) is 5.75 Å². The molecule has 0 unspecified atom stereocenters. The van der Waals surface area contributed by atoms with E-state index in [-0.39, 0.29) is 36.7 Å². The molecule has 0 radical (unpaired) electrons. The maximum absolute atomic E-state index is 14.1. The van der Waals surface area contributed by atoms with Crippen LogP contribution in [0.1, 0.15) is 90.1 Å². The Morgan fingerprint density at radius 1 is 0.869 bits per heavy atom. The van der Waals surface area contributed by atoms with Crippen LogP contribution >= 0.6 is 0 Å². The number of nitrogens with one attached hydrogen (secondary N) is 2. The van der Waals surface area contributed by atoms with Gasteiger partial charge in [-0.15, -0.1) is 0 Å². The number of rotatable bonds is 11. The molecule has 8 rings (SSSR count). The largest absolute Gasteiger partial charge is 0.503 e. The Bertz CT molecular complexity index is 2300. The first kappa shape index (κ1) is 42.1. The van der Waals surface area contributed by atoms with Crippen LogP contribution in [0, 0.1) is 36.2 Å². The number of halogens is 3. The lowest BCUT2D eigenvalue weighted by Crippen LogP contribution is -2.49. The van der Waals surface area contributed by atoms with Gasteiger partial charge in [-0.25, -0.2) is 13.6 Å². The average Bonchev–Trinajstić information content (AvgIpc) is 3.71. The highest BCUT2D eigenvalue weighted by atomic mass is 19.2. The van der Waals surface area contributed by atoms with Crippen LogP contribution in [0.4, 0.5) is 29.3 Å². The number of aromatic hydroxyl groups is 1. The van der Waals surface area contributed by atoms with Gasteiger partial charge in [0.05, 0.1) is 17.1 Å². The number of piperazine rings is 1. The Balaban J connectivity index is 0.742. The number of benzene rings is 3. The van der Waals surface area contributed by atoms with Crippen LogP contribution in [0.15, 0.2) is 48.7 Å². The topological polar surface area (TPSA) is 143 Å². The first-order valence-electron chi connectivity index (χ1n) is 21.5. The molecule has 0 atom stereocenters. The van der Waals surface area contributed by atoms with Crippen molar-refractivity contribution in [1.29, 1.82) is 0 Å². The number of phenols is 1. The van der Waals surface area contributed by atoms with Crippen molar-refractivity contribution in [1.82, 2.24) is 30.2 Å². The second kappa shape index (κ2) is 18.1. The van der Waals surface area contributed by atoms with E-state index in [1.54, 1.807) is 6.07 Å². The number of anilines is 2. The molecule has 324 valence electrons. The Hall–Kier alpha value is -5.64. The number of aromatic nitrogens is 2. The third-order valence-corrected chi connectivity index (χ3v) is 13.2. The Morgan fingerprint density at radius 3 is 2.36 bits per heavy atom. The van der Waals surface area contributed by atoms with Crippen LogP contribution in [0.25, 0.3) is 10.9 Å². The molecular weight excluding hydrogens is 790 g/mol. The maximum atomic E-state index is 14.1. The van der Waals surface area contributed by atoms with Crippen LogP contribution in [0.2, 0.25) is 0 Å². The van der Waals surface area contributed by atoms with Gasteiger partial charge in [-0.3, -0.25) is 34.2 Å². The molecule has 5 amide bonds. The standard InChI is InChI=1S/C45H53F3N8O5/c1-28-4-7-31(23-38(28)55-18-14-39(57)50-45(55)61)44(60)54-16-12-29(13-17-54)3-2-15-52-19-21-53(22-20-52)34-11-8-32-27-56(51-37(32)24-34)33-9-5-30(6-10-33)26-49-43(59)35-25-36(46)42(58)41(48)40(35)47/h4,7-8,11,23-25,27,29-30,33,58H,2-3,5-6,9-10,12-22,26H2,1H3,(H,49,59)(H,50,57,61). The van der Waals surface area contributed by atoms with E-state index in [2.05, 4.69) is 44.8 Å². The molecule has 61 heavy (non-hydrogen) atoms. The molecule has 13 nitrogen and oxygen atoms in total. The molecule has 4 aliphatic rings. The second-order valence-corrected chi connectivity index (χ2v) is 17.1. The molecule has 3 N–H and O–H groups in total. The minimum atomic E-state index is -1.78. The van der Waals surface area contributed by atoms with Gasteiger partial charge in [0.1, 0.15) is 0 Å². The molecule has 0 spiro atoms. The van der Waals surface area contributed by atoms with Crippen molar-refractivity contribution >= 4 is 46.0 Å². The number of hydrogen-bond acceptors (Lipinski definition) is 8. The summed E-state index contributed by atoms with van der Waals surface area (Å²) in [6.07, 6.45) is 9.87. The van der Waals surface area contributed by atoms with E-state index in [4.69, 9.17) is 5.10 Å². The number of nitrogens with zero attached hydrogens (tertiary/aromatic N) is 6. The Kier molecular flexibility index (Phi) is 12.5. The monoisotopic (exact) mass is 842 g/mol. The predicted molar refractivity (Wildman–Crippen MR) is 224 cm³/mol. The highest BCUT2D eigenvalue weighted by Crippen LogP contribution is 2.34. The van der Waals surface area contributed by atoms with Crippen LogP contribution in [0.3, 0.4) is 0 Å². The Labute approximate surface area is 352 Å². The predicted octanol–water partition coefficient (Wildman–Crippen LogP) is 6.53. The summed E-state index contributed by atoms with van der Waals surface area (Å²) in [5.41, 5.74) is 3.44. The summed E-state index contributed by atoms with van der Waals surface area (Å²) in [6.45, 7) is 8.82. The summed E-state index contributed by atoms with van der Waals surface area (Å²) in [4.78, 5) is 58.5. The molecule has 16 heteroatoms. The first-order chi connectivity index (χ1) is 29.4. The van der Waals surface area contributed by atoms with Gasteiger partial charge in [-0.05, 0) is 119 Å². The van der Waals surface area contributed by atoms with Crippen molar-refractivity contribution in [2.24, 2.45) is 11.8 Å². The molecule has 0 bridgehead atoms. The van der Waals surface area contributed by atoms with Gasteiger partial charge in [0.25, 0.3) is 11.8 Å². The van der Waals surface area contributed by atoms with E-state index in [1.165, 1.54) is 10.6 Å². The number of imide groups is 1. The molecule has 3 aromatic carbocycles. The fourth-order valence-corrected chi connectivity index (χ4v) is 9.37. The number of urea groups is 1. The van der Waals surface area contributed by atoms with Gasteiger partial charge in [-0.1, -0.05) is 6.07 Å². The van der Waals surface area contributed by atoms with Crippen molar-refractivity contribution in [2.45, 2.75) is 70.8 Å². The van der Waals surface area contributed by atoms with Gasteiger partial charge >= 0.3 is 6.03 Å². The third kappa shape index (κ3) is 9.33.